The number of nitrogens with one attached hydrogen (secondary N) is 1. The molecule has 1 aliphatic rings. The monoisotopic (exact) mass is 598 g/mol. The summed E-state index contributed by atoms with van der Waals surface area (Å²) >= 11 is 0. The van der Waals surface area contributed by atoms with Gasteiger partial charge >= 0.3 is 5.63 Å². The molecular weight excluding hydrogens is 560 g/mol. The molecule has 1 aliphatic heterocycles. The Bertz CT molecular complexity index is 1930. The quantitative estimate of drug-likeness (QED) is 0.193. The Morgan fingerprint density at radius 3 is 2.16 bits per heavy atom. The van der Waals surface area contributed by atoms with E-state index in [4.69, 9.17) is 4.42 Å². The van der Waals surface area contributed by atoms with Crippen molar-refractivity contribution in [3.8, 4) is 11.1 Å². The molecule has 0 atom stereocenters. The van der Waals surface area contributed by atoms with Crippen LogP contribution < -0.4 is 15.8 Å². The van der Waals surface area contributed by atoms with Crippen LogP contribution in [0.5, 0.6) is 0 Å². The largest absolute Gasteiger partial charge is 0.416 e. The van der Waals surface area contributed by atoms with E-state index in [1.807, 2.05) is 85.8 Å². The number of fused-ring (bicyclic) bond motifs is 3. The Balaban J connectivity index is 1.53. The molecule has 6 rings (SSSR count). The summed E-state index contributed by atoms with van der Waals surface area (Å²) in [7, 11) is 0. The van der Waals surface area contributed by atoms with Crippen LogP contribution in [-0.2, 0) is 17.6 Å². The molecule has 6 nitrogen and oxygen atoms in total. The van der Waals surface area contributed by atoms with Gasteiger partial charge < -0.3 is 9.73 Å². The van der Waals surface area contributed by atoms with Crippen LogP contribution in [0.15, 0.2) is 100 Å². The van der Waals surface area contributed by atoms with Crippen LogP contribution >= 0.6 is 0 Å². The number of hydrogen-bond donors (Lipinski definition) is 1. The summed E-state index contributed by atoms with van der Waals surface area (Å²) in [6.45, 7) is 6.19. The number of anilines is 3. The molecule has 2 heterocycles. The lowest BCUT2D eigenvalue weighted by molar-refractivity contribution is -0.120. The van der Waals surface area contributed by atoms with Gasteiger partial charge in [0.15, 0.2) is 0 Å². The molecule has 1 aromatic heterocycles. The summed E-state index contributed by atoms with van der Waals surface area (Å²) in [4.78, 5) is 43.3. The maximum Gasteiger partial charge on any atom is 0.344 e. The van der Waals surface area contributed by atoms with Gasteiger partial charge in [0.25, 0.3) is 5.91 Å². The smallest absolute Gasteiger partial charge is 0.344 e. The highest BCUT2D eigenvalue weighted by atomic mass is 16.4. The van der Waals surface area contributed by atoms with Gasteiger partial charge in [0.05, 0.1) is 16.8 Å². The zero-order valence-electron chi connectivity index (χ0n) is 26.1. The summed E-state index contributed by atoms with van der Waals surface area (Å²) in [6.07, 6.45) is 4.96. The topological polar surface area (TPSA) is 79.6 Å². The highest BCUT2D eigenvalue weighted by Crippen LogP contribution is 2.41. The van der Waals surface area contributed by atoms with Gasteiger partial charge in [-0.05, 0) is 73.6 Å². The highest BCUT2D eigenvalue weighted by molar-refractivity contribution is 6.16. The van der Waals surface area contributed by atoms with Crippen molar-refractivity contribution in [3.63, 3.8) is 0 Å². The van der Waals surface area contributed by atoms with Crippen LogP contribution in [0.1, 0.15) is 66.8 Å². The van der Waals surface area contributed by atoms with Gasteiger partial charge in [-0.25, -0.2) is 4.79 Å². The van der Waals surface area contributed by atoms with Crippen molar-refractivity contribution in [2.75, 3.05) is 10.2 Å². The van der Waals surface area contributed by atoms with E-state index in [1.165, 1.54) is 0 Å². The summed E-state index contributed by atoms with van der Waals surface area (Å²) < 4.78 is 5.96. The van der Waals surface area contributed by atoms with Gasteiger partial charge in [0.2, 0.25) is 11.7 Å². The van der Waals surface area contributed by atoms with E-state index >= 15 is 0 Å². The van der Waals surface area contributed by atoms with Gasteiger partial charge in [-0.2, -0.15) is 0 Å². The fraction of sp³-hybridized carbons (Fsp3) is 0.256. The second-order valence-corrected chi connectivity index (χ2v) is 11.9. The summed E-state index contributed by atoms with van der Waals surface area (Å²) in [5.41, 5.74) is 5.88. The maximum absolute atomic E-state index is 15.0. The average Bonchev–Trinajstić information content (AvgIpc) is 3.21. The minimum absolute atomic E-state index is 0.00673. The van der Waals surface area contributed by atoms with E-state index in [2.05, 4.69) is 19.2 Å². The van der Waals surface area contributed by atoms with Crippen molar-refractivity contribution in [2.45, 2.75) is 59.3 Å². The van der Waals surface area contributed by atoms with E-state index < -0.39 is 11.5 Å². The van der Waals surface area contributed by atoms with Crippen LogP contribution in [0.25, 0.3) is 21.9 Å². The molecule has 0 fully saturated rings. The molecule has 1 N–H and O–H groups in total. The molecule has 0 saturated heterocycles. The van der Waals surface area contributed by atoms with Gasteiger partial charge in [0, 0.05) is 22.6 Å². The molecule has 45 heavy (non-hydrogen) atoms. The molecule has 2 amide bonds. The second-order valence-electron chi connectivity index (χ2n) is 11.9. The maximum atomic E-state index is 15.0. The third-order valence-electron chi connectivity index (χ3n) is 8.71. The van der Waals surface area contributed by atoms with Crippen molar-refractivity contribution in [2.24, 2.45) is 5.92 Å². The lowest BCUT2D eigenvalue weighted by atomic mass is 9.96. The number of rotatable bonds is 8. The van der Waals surface area contributed by atoms with Crippen molar-refractivity contribution >= 4 is 39.6 Å². The Hall–Kier alpha value is -4.97. The van der Waals surface area contributed by atoms with Crippen LogP contribution in [0.2, 0.25) is 0 Å². The van der Waals surface area contributed by atoms with Crippen LogP contribution in [0, 0.1) is 12.8 Å². The Morgan fingerprint density at radius 2 is 1.44 bits per heavy atom. The number of hydrogen-bond acceptors (Lipinski definition) is 4. The molecular formula is C39H38N2O4. The number of amides is 2. The highest BCUT2D eigenvalue weighted by Gasteiger charge is 2.32. The summed E-state index contributed by atoms with van der Waals surface area (Å²) in [6, 6.07) is 28.7. The van der Waals surface area contributed by atoms with E-state index in [-0.39, 0.29) is 17.6 Å². The van der Waals surface area contributed by atoms with Crippen molar-refractivity contribution < 1.29 is 14.0 Å². The first-order valence-corrected chi connectivity index (χ1v) is 15.9. The fourth-order valence-corrected chi connectivity index (χ4v) is 6.43. The number of aryl methyl sites for hydroxylation is 3. The Morgan fingerprint density at radius 1 is 0.800 bits per heavy atom. The van der Waals surface area contributed by atoms with E-state index in [9.17, 15) is 14.4 Å². The molecule has 0 aliphatic carbocycles. The predicted octanol–water partition coefficient (Wildman–Crippen LogP) is 9.00. The molecule has 228 valence electrons. The van der Waals surface area contributed by atoms with Crippen LogP contribution in [-0.4, -0.2) is 11.8 Å². The minimum atomic E-state index is -0.563. The predicted molar refractivity (Wildman–Crippen MR) is 181 cm³/mol. The lowest BCUT2D eigenvalue weighted by Crippen LogP contribution is -2.29. The third kappa shape index (κ3) is 5.93. The molecule has 0 spiro atoms. The average molecular weight is 599 g/mol. The molecule has 4 aromatic carbocycles. The van der Waals surface area contributed by atoms with E-state index in [0.717, 1.165) is 60.0 Å². The van der Waals surface area contributed by atoms with Crippen molar-refractivity contribution in [3.05, 3.63) is 124 Å². The standard InChI is InChI=1S/C39H38N2O4/c1-4-10-29(11-5-2)37(42)40-30-23-22-27-21-20-26-12-6-9-15-33(26)41(34(27)24-30)38(43)36-35(28-18-16-25(3)17-19-28)31-13-7-8-14-32(31)39(44)45-36/h6-9,12-19,22-24,29H,4-5,10-11,20-21H2,1-3H3,(H,40,42). The van der Waals surface area contributed by atoms with Crippen molar-refractivity contribution in [1.82, 2.24) is 0 Å². The van der Waals surface area contributed by atoms with E-state index in [0.29, 0.717) is 34.1 Å². The molecule has 0 radical (unpaired) electrons. The first-order valence-electron chi connectivity index (χ1n) is 15.9. The number of para-hydroxylation sites is 1. The van der Waals surface area contributed by atoms with Crippen molar-refractivity contribution in [1.29, 1.82) is 0 Å². The van der Waals surface area contributed by atoms with Gasteiger partial charge in [0.1, 0.15) is 0 Å². The summed E-state index contributed by atoms with van der Waals surface area (Å²) in [5, 5.41) is 4.20. The van der Waals surface area contributed by atoms with Gasteiger partial charge in [-0.1, -0.05) is 99.0 Å². The third-order valence-corrected chi connectivity index (χ3v) is 8.71. The number of carbonyl (C=O) groups is 2. The number of carbonyl (C=O) groups excluding carboxylic acids is 2. The number of benzene rings is 4. The molecule has 5 aromatic rings. The normalized spacial score (nSPS) is 12.5. The molecule has 0 bridgehead atoms. The second kappa shape index (κ2) is 12.9. The molecule has 0 saturated carbocycles. The Labute approximate surface area is 263 Å². The van der Waals surface area contributed by atoms with Crippen LogP contribution in [0.4, 0.5) is 17.1 Å². The zero-order valence-corrected chi connectivity index (χ0v) is 26.1. The van der Waals surface area contributed by atoms with Gasteiger partial charge in [-0.3, -0.25) is 14.5 Å². The first kappa shape index (κ1) is 30.1. The van der Waals surface area contributed by atoms with Crippen LogP contribution in [0.3, 0.4) is 0 Å². The first-order chi connectivity index (χ1) is 21.9. The number of nitrogens with zero attached hydrogens (tertiary/aromatic N) is 1. The SMILES string of the molecule is CCCC(CCC)C(=O)Nc1ccc2c(c1)N(C(=O)c1oc(=O)c3ccccc3c1-c1ccc(C)cc1)c1ccccc1CC2. The fourth-order valence-electron chi connectivity index (χ4n) is 6.43. The molecule has 6 heteroatoms. The summed E-state index contributed by atoms with van der Waals surface area (Å²) in [5.74, 6) is -0.540. The molecule has 0 unspecified atom stereocenters. The lowest BCUT2D eigenvalue weighted by Gasteiger charge is -2.26. The van der Waals surface area contributed by atoms with E-state index in [1.54, 1.807) is 17.0 Å². The zero-order chi connectivity index (χ0) is 31.5. The minimum Gasteiger partial charge on any atom is -0.416 e. The van der Waals surface area contributed by atoms with Gasteiger partial charge in [-0.15, -0.1) is 0 Å². The Kier molecular flexibility index (Phi) is 8.65.